The normalized spacial score (nSPS) is 57.7. The van der Waals surface area contributed by atoms with Gasteiger partial charge in [0, 0.05) is 6.04 Å². The Hall–Kier alpha value is -0.0400. The number of nitrogens with two attached hydrogens (primary N) is 1. The first-order valence-corrected chi connectivity index (χ1v) is 4.05. The van der Waals surface area contributed by atoms with Crippen molar-refractivity contribution in [3.05, 3.63) is 0 Å². The van der Waals surface area contributed by atoms with Crippen molar-refractivity contribution in [2.45, 2.75) is 38.1 Å². The van der Waals surface area contributed by atoms with Crippen LogP contribution in [0.2, 0.25) is 0 Å². The fourth-order valence-corrected chi connectivity index (χ4v) is 2.92. The fraction of sp³-hybridized carbons (Fsp3) is 1.00. The van der Waals surface area contributed by atoms with E-state index in [-0.39, 0.29) is 0 Å². The lowest BCUT2D eigenvalue weighted by Crippen LogP contribution is -2.42. The van der Waals surface area contributed by atoms with Crippen LogP contribution in [0.4, 0.5) is 0 Å². The maximum atomic E-state index is 5.93. The predicted molar refractivity (Wildman–Crippen MR) is 35.9 cm³/mol. The molecule has 3 aliphatic rings. The highest BCUT2D eigenvalue weighted by Gasteiger charge is 2.78. The SMILES string of the molecule is NC1CCC12CC21CC1. The minimum Gasteiger partial charge on any atom is -0.327 e. The molecule has 2 spiro atoms. The van der Waals surface area contributed by atoms with Gasteiger partial charge >= 0.3 is 0 Å². The van der Waals surface area contributed by atoms with Gasteiger partial charge in [-0.25, -0.2) is 0 Å². The average Bonchev–Trinajstić information content (AvgIpc) is 2.71. The lowest BCUT2D eigenvalue weighted by Gasteiger charge is -2.35. The van der Waals surface area contributed by atoms with Crippen molar-refractivity contribution >= 4 is 0 Å². The molecule has 0 saturated heterocycles. The Morgan fingerprint density at radius 2 is 2.00 bits per heavy atom. The Labute approximate surface area is 55.6 Å². The quantitative estimate of drug-likeness (QED) is 0.516. The Morgan fingerprint density at radius 3 is 2.11 bits per heavy atom. The van der Waals surface area contributed by atoms with Crippen molar-refractivity contribution in [1.82, 2.24) is 0 Å². The van der Waals surface area contributed by atoms with Crippen molar-refractivity contribution in [3.63, 3.8) is 0 Å². The molecule has 0 bridgehead atoms. The first-order chi connectivity index (χ1) is 4.29. The van der Waals surface area contributed by atoms with Gasteiger partial charge in [0.2, 0.25) is 0 Å². The average molecular weight is 123 g/mol. The van der Waals surface area contributed by atoms with E-state index in [1.54, 1.807) is 0 Å². The molecule has 0 aromatic heterocycles. The number of rotatable bonds is 0. The van der Waals surface area contributed by atoms with Crippen LogP contribution in [0.1, 0.15) is 32.1 Å². The van der Waals surface area contributed by atoms with Crippen molar-refractivity contribution in [3.8, 4) is 0 Å². The Kier molecular flexibility index (Phi) is 0.508. The van der Waals surface area contributed by atoms with E-state index in [1.807, 2.05) is 0 Å². The van der Waals surface area contributed by atoms with Gasteiger partial charge in [-0.05, 0) is 42.9 Å². The highest BCUT2D eigenvalue weighted by atomic mass is 14.9. The van der Waals surface area contributed by atoms with Crippen molar-refractivity contribution in [1.29, 1.82) is 0 Å². The topological polar surface area (TPSA) is 26.0 Å². The van der Waals surface area contributed by atoms with Crippen LogP contribution in [0.15, 0.2) is 0 Å². The fourth-order valence-electron chi connectivity index (χ4n) is 2.92. The van der Waals surface area contributed by atoms with E-state index in [0.29, 0.717) is 11.5 Å². The third-order valence-corrected chi connectivity index (χ3v) is 4.05. The van der Waals surface area contributed by atoms with Gasteiger partial charge in [0.25, 0.3) is 0 Å². The van der Waals surface area contributed by atoms with Crippen LogP contribution in [0.3, 0.4) is 0 Å². The van der Waals surface area contributed by atoms with Crippen LogP contribution >= 0.6 is 0 Å². The van der Waals surface area contributed by atoms with Gasteiger partial charge in [0.05, 0.1) is 0 Å². The second kappa shape index (κ2) is 0.968. The van der Waals surface area contributed by atoms with Crippen molar-refractivity contribution in [2.75, 3.05) is 0 Å². The van der Waals surface area contributed by atoms with Gasteiger partial charge < -0.3 is 5.73 Å². The molecule has 1 heteroatoms. The minimum absolute atomic E-state index is 0.597. The maximum absolute atomic E-state index is 5.93. The van der Waals surface area contributed by atoms with Crippen LogP contribution in [-0.2, 0) is 0 Å². The van der Waals surface area contributed by atoms with Crippen LogP contribution < -0.4 is 5.73 Å². The highest BCUT2D eigenvalue weighted by molar-refractivity contribution is 5.29. The van der Waals surface area contributed by atoms with Gasteiger partial charge in [-0.1, -0.05) is 0 Å². The van der Waals surface area contributed by atoms with Gasteiger partial charge in [0.1, 0.15) is 0 Å². The Morgan fingerprint density at radius 1 is 1.22 bits per heavy atom. The Balaban J connectivity index is 1.92. The smallest absolute Gasteiger partial charge is 0.0101 e. The second-order valence-electron chi connectivity index (χ2n) is 4.26. The van der Waals surface area contributed by atoms with E-state index in [9.17, 15) is 0 Å². The van der Waals surface area contributed by atoms with Gasteiger partial charge in [-0.15, -0.1) is 0 Å². The molecule has 3 aliphatic carbocycles. The highest BCUT2D eigenvalue weighted by Crippen LogP contribution is 2.84. The second-order valence-corrected chi connectivity index (χ2v) is 4.26. The zero-order valence-electron chi connectivity index (χ0n) is 5.69. The van der Waals surface area contributed by atoms with Crippen LogP contribution in [0.25, 0.3) is 0 Å². The number of fused-ring (bicyclic) bond motifs is 1. The molecule has 0 heterocycles. The molecule has 9 heavy (non-hydrogen) atoms. The van der Waals surface area contributed by atoms with E-state index in [1.165, 1.54) is 32.1 Å². The zero-order valence-corrected chi connectivity index (χ0v) is 5.69. The van der Waals surface area contributed by atoms with Crippen LogP contribution in [0, 0.1) is 10.8 Å². The van der Waals surface area contributed by atoms with E-state index in [2.05, 4.69) is 0 Å². The molecule has 0 aliphatic heterocycles. The summed E-state index contributed by atoms with van der Waals surface area (Å²) in [6, 6.07) is 0.597. The maximum Gasteiger partial charge on any atom is 0.0101 e. The first-order valence-electron chi connectivity index (χ1n) is 4.05. The third-order valence-electron chi connectivity index (χ3n) is 4.05. The number of hydrogen-bond acceptors (Lipinski definition) is 1. The largest absolute Gasteiger partial charge is 0.327 e. The standard InChI is InChI=1S/C8H13N/c9-6-1-2-8(6)5-7(8)3-4-7/h6H,1-5,9H2. The van der Waals surface area contributed by atoms with E-state index in [4.69, 9.17) is 5.73 Å². The summed E-state index contributed by atoms with van der Waals surface area (Å²) in [7, 11) is 0. The Bertz CT molecular complexity index is 171. The summed E-state index contributed by atoms with van der Waals surface area (Å²) in [4.78, 5) is 0. The molecule has 2 unspecified atom stereocenters. The molecular weight excluding hydrogens is 110 g/mol. The van der Waals surface area contributed by atoms with Gasteiger partial charge in [-0.3, -0.25) is 0 Å². The summed E-state index contributed by atoms with van der Waals surface area (Å²) in [5.74, 6) is 0. The third kappa shape index (κ3) is 0.315. The molecule has 3 rings (SSSR count). The monoisotopic (exact) mass is 123 g/mol. The molecule has 0 amide bonds. The molecule has 2 N–H and O–H groups in total. The van der Waals surface area contributed by atoms with Gasteiger partial charge in [0.15, 0.2) is 0 Å². The minimum atomic E-state index is 0.597. The lowest BCUT2D eigenvalue weighted by molar-refractivity contribution is 0.198. The molecule has 2 atom stereocenters. The summed E-state index contributed by atoms with van der Waals surface area (Å²) in [6.45, 7) is 0. The summed E-state index contributed by atoms with van der Waals surface area (Å²) in [5.41, 5.74) is 7.49. The van der Waals surface area contributed by atoms with Crippen LogP contribution in [0.5, 0.6) is 0 Å². The molecule has 0 aromatic rings. The molecule has 0 radical (unpaired) electrons. The van der Waals surface area contributed by atoms with Gasteiger partial charge in [-0.2, -0.15) is 0 Å². The number of hydrogen-bond donors (Lipinski definition) is 1. The molecular formula is C8H13N. The molecule has 0 aromatic carbocycles. The summed E-state index contributed by atoms with van der Waals surface area (Å²) < 4.78 is 0. The predicted octanol–water partition coefficient (Wildman–Crippen LogP) is 1.28. The molecule has 1 nitrogen and oxygen atoms in total. The van der Waals surface area contributed by atoms with Crippen molar-refractivity contribution < 1.29 is 0 Å². The lowest BCUT2D eigenvalue weighted by atomic mass is 9.74. The first kappa shape index (κ1) is 4.73. The summed E-state index contributed by atoms with van der Waals surface area (Å²) in [5, 5.41) is 0. The van der Waals surface area contributed by atoms with E-state index < -0.39 is 0 Å². The molecule has 50 valence electrons. The van der Waals surface area contributed by atoms with E-state index >= 15 is 0 Å². The molecule has 3 saturated carbocycles. The molecule has 3 fully saturated rings. The van der Waals surface area contributed by atoms with E-state index in [0.717, 1.165) is 5.41 Å². The summed E-state index contributed by atoms with van der Waals surface area (Å²) in [6.07, 6.45) is 7.25. The summed E-state index contributed by atoms with van der Waals surface area (Å²) >= 11 is 0. The zero-order chi connectivity index (χ0) is 6.11. The van der Waals surface area contributed by atoms with Crippen LogP contribution in [-0.4, -0.2) is 6.04 Å². The van der Waals surface area contributed by atoms with Crippen molar-refractivity contribution in [2.24, 2.45) is 16.6 Å².